The second kappa shape index (κ2) is 10.5. The zero-order valence-electron chi connectivity index (χ0n) is 18.8. The van der Waals surface area contributed by atoms with Crippen molar-refractivity contribution in [1.82, 2.24) is 0 Å². The van der Waals surface area contributed by atoms with Crippen molar-refractivity contribution in [3.05, 3.63) is 114 Å². The van der Waals surface area contributed by atoms with E-state index in [1.807, 2.05) is 79.7 Å². The van der Waals surface area contributed by atoms with Gasteiger partial charge in [-0.1, -0.05) is 31.2 Å². The van der Waals surface area contributed by atoms with Crippen molar-refractivity contribution in [3.63, 3.8) is 0 Å². The molecule has 0 unspecified atom stereocenters. The molecule has 166 valence electrons. The molecule has 4 nitrogen and oxygen atoms in total. The van der Waals surface area contributed by atoms with E-state index in [2.05, 4.69) is 6.92 Å². The molecular weight excluding hydrogens is 412 g/mol. The van der Waals surface area contributed by atoms with Crippen LogP contribution in [-0.2, 0) is 6.42 Å². The fourth-order valence-corrected chi connectivity index (χ4v) is 3.35. The van der Waals surface area contributed by atoms with Crippen LogP contribution in [0.5, 0.6) is 28.7 Å². The van der Waals surface area contributed by atoms with E-state index in [4.69, 9.17) is 14.2 Å². The average Bonchev–Trinajstić information content (AvgIpc) is 2.87. The summed E-state index contributed by atoms with van der Waals surface area (Å²) in [6.45, 7) is 4.68. The van der Waals surface area contributed by atoms with Crippen molar-refractivity contribution in [2.75, 3.05) is 6.61 Å². The standard InChI is InChI=1S/C29H26O4/c1-3-21-5-7-22(8-6-21)29(30)23-9-11-25(12-10-23)32-27-17-19-28(20-18-27)33-26-15-13-24(14-16-26)31-4-2/h5-20H,3-4H2,1-2H3. The molecule has 0 bridgehead atoms. The molecule has 0 spiro atoms. The second-order valence-electron chi connectivity index (χ2n) is 7.48. The van der Waals surface area contributed by atoms with Crippen LogP contribution < -0.4 is 14.2 Å². The lowest BCUT2D eigenvalue weighted by Gasteiger charge is -2.09. The number of rotatable bonds is 9. The molecule has 0 fully saturated rings. The number of aryl methyl sites for hydroxylation is 1. The van der Waals surface area contributed by atoms with E-state index >= 15 is 0 Å². The quantitative estimate of drug-likeness (QED) is 0.254. The maximum atomic E-state index is 12.7. The Labute approximate surface area is 194 Å². The van der Waals surface area contributed by atoms with Gasteiger partial charge in [0.15, 0.2) is 5.78 Å². The van der Waals surface area contributed by atoms with Crippen LogP contribution in [0.3, 0.4) is 0 Å². The van der Waals surface area contributed by atoms with Crippen molar-refractivity contribution >= 4 is 5.78 Å². The van der Waals surface area contributed by atoms with Gasteiger partial charge in [0, 0.05) is 11.1 Å². The van der Waals surface area contributed by atoms with Crippen LogP contribution in [0.25, 0.3) is 0 Å². The lowest BCUT2D eigenvalue weighted by atomic mass is 10.0. The predicted octanol–water partition coefficient (Wildman–Crippen LogP) is 7.46. The monoisotopic (exact) mass is 438 g/mol. The van der Waals surface area contributed by atoms with Gasteiger partial charge >= 0.3 is 0 Å². The number of ether oxygens (including phenoxy) is 3. The first kappa shape index (κ1) is 22.2. The van der Waals surface area contributed by atoms with Gasteiger partial charge in [0.1, 0.15) is 28.7 Å². The van der Waals surface area contributed by atoms with Gasteiger partial charge in [0.2, 0.25) is 0 Å². The Hall–Kier alpha value is -4.05. The molecule has 0 radical (unpaired) electrons. The van der Waals surface area contributed by atoms with Crippen molar-refractivity contribution in [2.45, 2.75) is 20.3 Å². The van der Waals surface area contributed by atoms with Crippen molar-refractivity contribution in [2.24, 2.45) is 0 Å². The van der Waals surface area contributed by atoms with Gasteiger partial charge in [0.05, 0.1) is 6.61 Å². The number of ketones is 1. The normalized spacial score (nSPS) is 10.5. The van der Waals surface area contributed by atoms with Crippen molar-refractivity contribution in [1.29, 1.82) is 0 Å². The lowest BCUT2D eigenvalue weighted by molar-refractivity contribution is 0.103. The highest BCUT2D eigenvalue weighted by Gasteiger charge is 2.09. The Kier molecular flexibility index (Phi) is 7.06. The summed E-state index contributed by atoms with van der Waals surface area (Å²) in [7, 11) is 0. The highest BCUT2D eigenvalue weighted by atomic mass is 16.5. The van der Waals surface area contributed by atoms with Gasteiger partial charge in [0.25, 0.3) is 0 Å². The Morgan fingerprint density at radius 1 is 0.545 bits per heavy atom. The van der Waals surface area contributed by atoms with Gasteiger partial charge in [-0.3, -0.25) is 4.79 Å². The van der Waals surface area contributed by atoms with Crippen molar-refractivity contribution in [3.8, 4) is 28.7 Å². The Morgan fingerprint density at radius 2 is 0.909 bits per heavy atom. The number of benzene rings is 4. The van der Waals surface area contributed by atoms with Gasteiger partial charge in [-0.15, -0.1) is 0 Å². The van der Waals surface area contributed by atoms with Crippen LogP contribution >= 0.6 is 0 Å². The molecule has 0 heterocycles. The highest BCUT2D eigenvalue weighted by molar-refractivity contribution is 6.09. The van der Waals surface area contributed by atoms with Gasteiger partial charge in [-0.2, -0.15) is 0 Å². The number of hydrogen-bond acceptors (Lipinski definition) is 4. The first-order valence-electron chi connectivity index (χ1n) is 11.1. The Bertz CT molecular complexity index is 1180. The Balaban J connectivity index is 1.36. The van der Waals surface area contributed by atoms with E-state index in [1.165, 1.54) is 5.56 Å². The molecule has 4 aromatic rings. The number of hydrogen-bond donors (Lipinski definition) is 0. The summed E-state index contributed by atoms with van der Waals surface area (Å²) >= 11 is 0. The zero-order valence-corrected chi connectivity index (χ0v) is 18.8. The summed E-state index contributed by atoms with van der Waals surface area (Å²) < 4.78 is 17.2. The molecule has 0 aliphatic heterocycles. The van der Waals surface area contributed by atoms with E-state index in [0.717, 1.165) is 17.9 Å². The third kappa shape index (κ3) is 5.80. The van der Waals surface area contributed by atoms with Crippen LogP contribution in [0.2, 0.25) is 0 Å². The predicted molar refractivity (Wildman–Crippen MR) is 130 cm³/mol. The molecular formula is C29H26O4. The van der Waals surface area contributed by atoms with Gasteiger partial charge < -0.3 is 14.2 Å². The minimum absolute atomic E-state index is 0.00000550. The number of carbonyl (C=O) groups excluding carboxylic acids is 1. The average molecular weight is 439 g/mol. The molecule has 0 aliphatic rings. The largest absolute Gasteiger partial charge is 0.494 e. The molecule has 0 N–H and O–H groups in total. The van der Waals surface area contributed by atoms with E-state index in [0.29, 0.717) is 35.0 Å². The Morgan fingerprint density at radius 3 is 1.30 bits per heavy atom. The minimum Gasteiger partial charge on any atom is -0.494 e. The van der Waals surface area contributed by atoms with E-state index in [1.54, 1.807) is 24.3 Å². The second-order valence-corrected chi connectivity index (χ2v) is 7.48. The first-order chi connectivity index (χ1) is 16.1. The summed E-state index contributed by atoms with van der Waals surface area (Å²) in [5.41, 5.74) is 2.53. The fourth-order valence-electron chi connectivity index (χ4n) is 3.35. The fraction of sp³-hybridized carbons (Fsp3) is 0.138. The minimum atomic E-state index is -0.00000550. The molecule has 33 heavy (non-hydrogen) atoms. The SMILES string of the molecule is CCOc1ccc(Oc2ccc(Oc3ccc(C(=O)c4ccc(CC)cc4)cc3)cc2)cc1. The molecule has 4 heteroatoms. The third-order valence-electron chi connectivity index (χ3n) is 5.17. The lowest BCUT2D eigenvalue weighted by Crippen LogP contribution is -2.01. The van der Waals surface area contributed by atoms with Gasteiger partial charge in [-0.25, -0.2) is 0 Å². The van der Waals surface area contributed by atoms with Crippen LogP contribution in [0.15, 0.2) is 97.1 Å². The third-order valence-corrected chi connectivity index (χ3v) is 5.17. The van der Waals surface area contributed by atoms with E-state index in [9.17, 15) is 4.79 Å². The summed E-state index contributed by atoms with van der Waals surface area (Å²) in [5, 5.41) is 0. The topological polar surface area (TPSA) is 44.8 Å². The maximum absolute atomic E-state index is 12.7. The molecule has 0 atom stereocenters. The summed E-state index contributed by atoms with van der Waals surface area (Å²) in [6, 6.07) is 29.8. The van der Waals surface area contributed by atoms with Crippen LogP contribution in [0.4, 0.5) is 0 Å². The molecule has 0 amide bonds. The summed E-state index contributed by atoms with van der Waals surface area (Å²) in [6.07, 6.45) is 0.954. The van der Waals surface area contributed by atoms with E-state index in [-0.39, 0.29) is 5.78 Å². The van der Waals surface area contributed by atoms with E-state index < -0.39 is 0 Å². The molecule has 0 aromatic heterocycles. The van der Waals surface area contributed by atoms with Gasteiger partial charge in [-0.05, 0) is 91.7 Å². The smallest absolute Gasteiger partial charge is 0.193 e. The number of carbonyl (C=O) groups is 1. The highest BCUT2D eigenvalue weighted by Crippen LogP contribution is 2.28. The summed E-state index contributed by atoms with van der Waals surface area (Å²) in [4.78, 5) is 12.7. The maximum Gasteiger partial charge on any atom is 0.193 e. The zero-order chi connectivity index (χ0) is 23.0. The van der Waals surface area contributed by atoms with Crippen molar-refractivity contribution < 1.29 is 19.0 Å². The molecule has 0 aliphatic carbocycles. The first-order valence-corrected chi connectivity index (χ1v) is 11.1. The molecule has 0 saturated heterocycles. The van der Waals surface area contributed by atoms with Crippen LogP contribution in [-0.4, -0.2) is 12.4 Å². The van der Waals surface area contributed by atoms with Crippen LogP contribution in [0, 0.1) is 0 Å². The molecule has 4 rings (SSSR count). The molecule has 0 saturated carbocycles. The van der Waals surface area contributed by atoms with Crippen LogP contribution in [0.1, 0.15) is 35.3 Å². The summed E-state index contributed by atoms with van der Waals surface area (Å²) in [5.74, 6) is 3.60. The molecule has 4 aromatic carbocycles.